The molecule has 2 heterocycles. The maximum absolute atomic E-state index is 12.3. The maximum Gasteiger partial charge on any atom is 0.259 e. The molecule has 0 saturated heterocycles. The molecule has 2 aromatic rings. The van der Waals surface area contributed by atoms with Crippen LogP contribution in [0.5, 0.6) is 0 Å². The molecule has 0 bridgehead atoms. The van der Waals surface area contributed by atoms with Gasteiger partial charge in [-0.15, -0.1) is 11.3 Å². The van der Waals surface area contributed by atoms with E-state index in [1.807, 2.05) is 20.8 Å². The fourth-order valence-electron chi connectivity index (χ4n) is 2.23. The van der Waals surface area contributed by atoms with Gasteiger partial charge in [-0.2, -0.15) is 0 Å². The zero-order valence-corrected chi connectivity index (χ0v) is 16.0. The normalized spacial score (nSPS) is 12.6. The summed E-state index contributed by atoms with van der Waals surface area (Å²) in [5, 5.41) is 0.739. The van der Waals surface area contributed by atoms with E-state index in [1.165, 1.54) is 0 Å². The Morgan fingerprint density at radius 1 is 1.41 bits per heavy atom. The molecule has 120 valence electrons. The quantitative estimate of drug-likeness (QED) is 0.839. The zero-order valence-electron chi connectivity index (χ0n) is 13.5. The second-order valence-corrected chi connectivity index (χ2v) is 8.29. The van der Waals surface area contributed by atoms with E-state index < -0.39 is 0 Å². The Hall–Kier alpha value is -0.920. The molecule has 0 unspecified atom stereocenters. The molecule has 2 rings (SSSR count). The molecule has 4 nitrogen and oxygen atoms in total. The van der Waals surface area contributed by atoms with Crippen LogP contribution in [0.1, 0.15) is 42.3 Å². The van der Waals surface area contributed by atoms with E-state index in [4.69, 9.17) is 12.2 Å². The third kappa shape index (κ3) is 3.36. The number of thioether (sulfide) groups is 1. The van der Waals surface area contributed by atoms with Gasteiger partial charge in [-0.3, -0.25) is 4.79 Å². The van der Waals surface area contributed by atoms with Gasteiger partial charge < -0.3 is 9.88 Å². The van der Waals surface area contributed by atoms with Gasteiger partial charge in [0.05, 0.1) is 10.6 Å². The smallest absolute Gasteiger partial charge is 0.259 e. The molecule has 0 amide bonds. The van der Waals surface area contributed by atoms with Gasteiger partial charge in [0.15, 0.2) is 0 Å². The first-order chi connectivity index (χ1) is 10.4. The van der Waals surface area contributed by atoms with Crippen LogP contribution in [-0.4, -0.2) is 32.3 Å². The van der Waals surface area contributed by atoms with Crippen LogP contribution in [0.15, 0.2) is 4.79 Å². The second-order valence-electron chi connectivity index (χ2n) is 5.11. The van der Waals surface area contributed by atoms with Crippen molar-refractivity contribution in [1.29, 1.82) is 0 Å². The minimum atomic E-state index is -0.0527. The number of thiocarbonyl (C=S) groups is 1. The van der Waals surface area contributed by atoms with Gasteiger partial charge in [-0.1, -0.05) is 24.0 Å². The van der Waals surface area contributed by atoms with Crippen molar-refractivity contribution in [2.24, 2.45) is 0 Å². The molecule has 22 heavy (non-hydrogen) atoms. The first-order valence-corrected chi connectivity index (χ1v) is 9.44. The maximum atomic E-state index is 12.3. The highest BCUT2D eigenvalue weighted by Gasteiger charge is 2.18. The molecule has 1 N–H and O–H groups in total. The monoisotopic (exact) mass is 355 g/mol. The standard InChI is InChI=1S/C15H21N3OS3/c1-6-18(7-2)15(20)22-10(5)12-16-13(19)11-8(3)9(4)21-14(11)17-12/h10H,6-7H2,1-5H3,(H,16,17,19)/t10-/m0/s1. The molecule has 1 atom stereocenters. The summed E-state index contributed by atoms with van der Waals surface area (Å²) in [6.07, 6.45) is 0. The summed E-state index contributed by atoms with van der Waals surface area (Å²) in [5.41, 5.74) is 0.974. The van der Waals surface area contributed by atoms with Crippen LogP contribution >= 0.6 is 35.3 Å². The van der Waals surface area contributed by atoms with Crippen molar-refractivity contribution in [1.82, 2.24) is 14.9 Å². The highest BCUT2D eigenvalue weighted by molar-refractivity contribution is 8.23. The number of aromatic amines is 1. The summed E-state index contributed by atoms with van der Waals surface area (Å²) in [4.78, 5) is 24.0. The van der Waals surface area contributed by atoms with E-state index in [2.05, 4.69) is 28.7 Å². The fraction of sp³-hybridized carbons (Fsp3) is 0.533. The Morgan fingerprint density at radius 2 is 2.05 bits per heavy atom. The summed E-state index contributed by atoms with van der Waals surface area (Å²) in [5.74, 6) is 0.693. The van der Waals surface area contributed by atoms with Crippen molar-refractivity contribution in [3.8, 4) is 0 Å². The van der Waals surface area contributed by atoms with E-state index in [1.54, 1.807) is 23.1 Å². The molecule has 0 fully saturated rings. The van der Waals surface area contributed by atoms with Crippen LogP contribution in [0.4, 0.5) is 0 Å². The van der Waals surface area contributed by atoms with Crippen molar-refractivity contribution in [2.75, 3.05) is 13.1 Å². The molecule has 0 radical (unpaired) electrons. The molecule has 0 saturated carbocycles. The highest BCUT2D eigenvalue weighted by Crippen LogP contribution is 2.31. The van der Waals surface area contributed by atoms with Crippen LogP contribution in [0.2, 0.25) is 0 Å². The molecular weight excluding hydrogens is 334 g/mol. The predicted molar refractivity (Wildman–Crippen MR) is 101 cm³/mol. The molecule has 0 aliphatic heterocycles. The van der Waals surface area contributed by atoms with Crippen LogP contribution in [0.25, 0.3) is 10.2 Å². The first-order valence-electron chi connectivity index (χ1n) is 7.34. The van der Waals surface area contributed by atoms with Crippen LogP contribution in [-0.2, 0) is 0 Å². The van der Waals surface area contributed by atoms with Crippen LogP contribution in [0, 0.1) is 13.8 Å². The first kappa shape index (κ1) is 17.4. The molecule has 0 aliphatic carbocycles. The molecule has 0 spiro atoms. The van der Waals surface area contributed by atoms with E-state index in [0.717, 1.165) is 38.1 Å². The van der Waals surface area contributed by atoms with Crippen molar-refractivity contribution in [3.63, 3.8) is 0 Å². The number of nitrogens with one attached hydrogen (secondary N) is 1. The zero-order chi connectivity index (χ0) is 16.4. The molecule has 2 aromatic heterocycles. The topological polar surface area (TPSA) is 49.0 Å². The van der Waals surface area contributed by atoms with E-state index >= 15 is 0 Å². The van der Waals surface area contributed by atoms with Gasteiger partial charge >= 0.3 is 0 Å². The molecule has 0 aromatic carbocycles. The Morgan fingerprint density at radius 3 is 2.64 bits per heavy atom. The summed E-state index contributed by atoms with van der Waals surface area (Å²) in [6.45, 7) is 12.0. The Kier molecular flexibility index (Phi) is 5.63. The summed E-state index contributed by atoms with van der Waals surface area (Å²) >= 11 is 8.62. The average Bonchev–Trinajstić information content (AvgIpc) is 2.75. The lowest BCUT2D eigenvalue weighted by molar-refractivity contribution is 0.482. The SMILES string of the molecule is CCN(CC)C(=S)S[C@@H](C)c1nc2sc(C)c(C)c2c(=O)[nH]1. The Balaban J connectivity index is 2.31. The van der Waals surface area contributed by atoms with Gasteiger partial charge in [0.2, 0.25) is 0 Å². The lowest BCUT2D eigenvalue weighted by atomic mass is 10.2. The number of thiophene rings is 1. The van der Waals surface area contributed by atoms with Gasteiger partial charge in [0.25, 0.3) is 5.56 Å². The summed E-state index contributed by atoms with van der Waals surface area (Å²) < 4.78 is 0.846. The lowest BCUT2D eigenvalue weighted by Crippen LogP contribution is -2.27. The number of rotatable bonds is 4. The molecule has 7 heteroatoms. The lowest BCUT2D eigenvalue weighted by Gasteiger charge is -2.22. The number of hydrogen-bond acceptors (Lipinski definition) is 5. The largest absolute Gasteiger partial charge is 0.358 e. The number of fused-ring (bicyclic) bond motifs is 1. The molecular formula is C15H21N3OS3. The Labute approximate surface area is 144 Å². The van der Waals surface area contributed by atoms with E-state index in [-0.39, 0.29) is 10.8 Å². The van der Waals surface area contributed by atoms with Crippen LogP contribution in [0.3, 0.4) is 0 Å². The summed E-state index contributed by atoms with van der Waals surface area (Å²) in [7, 11) is 0. The van der Waals surface area contributed by atoms with Gasteiger partial charge in [-0.25, -0.2) is 4.98 Å². The van der Waals surface area contributed by atoms with E-state index in [0.29, 0.717) is 5.82 Å². The summed E-state index contributed by atoms with van der Waals surface area (Å²) in [6, 6.07) is 0. The minimum Gasteiger partial charge on any atom is -0.358 e. The number of aryl methyl sites for hydroxylation is 2. The van der Waals surface area contributed by atoms with Crippen molar-refractivity contribution in [2.45, 2.75) is 39.9 Å². The number of nitrogens with zero attached hydrogens (tertiary/aromatic N) is 2. The predicted octanol–water partition coefficient (Wildman–Crippen LogP) is 4.02. The van der Waals surface area contributed by atoms with Crippen LogP contribution < -0.4 is 5.56 Å². The number of H-pyrrole nitrogens is 1. The van der Waals surface area contributed by atoms with Gasteiger partial charge in [0.1, 0.15) is 15.0 Å². The Bertz CT molecular complexity index is 746. The third-order valence-electron chi connectivity index (χ3n) is 3.74. The van der Waals surface area contributed by atoms with Gasteiger partial charge in [0, 0.05) is 18.0 Å². The fourth-order valence-corrected chi connectivity index (χ4v) is 4.89. The number of aromatic nitrogens is 2. The minimum absolute atomic E-state index is 0.0212. The van der Waals surface area contributed by atoms with Crippen molar-refractivity contribution < 1.29 is 0 Å². The number of hydrogen-bond donors (Lipinski definition) is 1. The second kappa shape index (κ2) is 7.10. The van der Waals surface area contributed by atoms with Crippen molar-refractivity contribution in [3.05, 3.63) is 26.6 Å². The highest BCUT2D eigenvalue weighted by atomic mass is 32.2. The molecule has 0 aliphatic rings. The van der Waals surface area contributed by atoms with E-state index in [9.17, 15) is 4.79 Å². The van der Waals surface area contributed by atoms with Crippen molar-refractivity contribution >= 4 is 49.9 Å². The third-order valence-corrected chi connectivity index (χ3v) is 6.43. The van der Waals surface area contributed by atoms with Gasteiger partial charge in [-0.05, 0) is 40.2 Å². The average molecular weight is 356 g/mol.